The maximum Gasteiger partial charge on any atom is 0.385 e. The van der Waals surface area contributed by atoms with Gasteiger partial charge in [-0.1, -0.05) is 0 Å². The van der Waals surface area contributed by atoms with Crippen LogP contribution in [0.15, 0.2) is 11.9 Å². The summed E-state index contributed by atoms with van der Waals surface area (Å²) in [6.45, 7) is 0. The van der Waals surface area contributed by atoms with Gasteiger partial charge in [-0.3, -0.25) is 0 Å². The average Bonchev–Trinajstić information content (AvgIpc) is 2.51. The first kappa shape index (κ1) is 25.6. The van der Waals surface area contributed by atoms with Crippen molar-refractivity contribution in [2.75, 3.05) is 0 Å². The first-order chi connectivity index (χ1) is 11.6. The molecule has 0 N–H and O–H groups in total. The average molecular weight is 446 g/mol. The second-order valence-corrected chi connectivity index (χ2v) is 4.68. The van der Waals surface area contributed by atoms with Gasteiger partial charge in [-0.25, -0.2) is 17.6 Å². The van der Waals surface area contributed by atoms with E-state index in [-0.39, 0.29) is 0 Å². The van der Waals surface area contributed by atoms with Crippen molar-refractivity contribution in [3.63, 3.8) is 0 Å². The quantitative estimate of drug-likeness (QED) is 0.391. The smallest absolute Gasteiger partial charge is 0.238 e. The van der Waals surface area contributed by atoms with E-state index in [0.717, 1.165) is 0 Å². The molecule has 17 heteroatoms. The largest absolute Gasteiger partial charge is 0.385 e. The topological polar surface area (TPSA) is 0 Å². The Balaban J connectivity index is 6.43. The third kappa shape index (κ3) is 3.64. The molecule has 0 saturated heterocycles. The number of allylic oxidation sites excluding steroid dienone is 1. The van der Waals surface area contributed by atoms with Gasteiger partial charge in [0.1, 0.15) is 0 Å². The van der Waals surface area contributed by atoms with Gasteiger partial charge < -0.3 is 0 Å². The molecule has 2 atom stereocenters. The first-order valence-electron chi connectivity index (χ1n) is 5.78. The minimum absolute atomic E-state index is 4.43. The van der Waals surface area contributed by atoms with Crippen molar-refractivity contribution in [1.82, 2.24) is 0 Å². The Labute approximate surface area is 136 Å². The molecule has 0 amide bonds. The Hall–Kier alpha value is -1.45. The van der Waals surface area contributed by atoms with Crippen molar-refractivity contribution in [3.05, 3.63) is 11.9 Å². The monoisotopic (exact) mass is 446 g/mol. The molecule has 2 unspecified atom stereocenters. The summed E-state index contributed by atoms with van der Waals surface area (Å²) in [7, 11) is 0. The molecule has 0 aromatic carbocycles. The fraction of sp³-hybridized carbons (Fsp3) is 0.800. The van der Waals surface area contributed by atoms with Gasteiger partial charge in [0.2, 0.25) is 12.0 Å². The van der Waals surface area contributed by atoms with Crippen LogP contribution in [0.2, 0.25) is 0 Å². The number of hydrogen-bond donors (Lipinski definition) is 0. The van der Waals surface area contributed by atoms with Crippen LogP contribution in [0.5, 0.6) is 0 Å². The highest BCUT2D eigenvalue weighted by molar-refractivity contribution is 5.19. The standard InChI is InChI=1S/C10H3F17/c11-1(4(14)15)2(12)6(18,19)8(22,23)10(26,27)9(24,25)7(20,21)3(13)5(16)17/h1-2,4H. The molecule has 0 nitrogen and oxygen atoms in total. The molecular weight excluding hydrogens is 443 g/mol. The minimum atomic E-state index is -8.24. The van der Waals surface area contributed by atoms with E-state index in [0.29, 0.717) is 0 Å². The maximum absolute atomic E-state index is 13.1. The van der Waals surface area contributed by atoms with Crippen molar-refractivity contribution in [3.8, 4) is 0 Å². The van der Waals surface area contributed by atoms with Crippen LogP contribution < -0.4 is 0 Å². The molecule has 27 heavy (non-hydrogen) atoms. The van der Waals surface area contributed by atoms with Crippen LogP contribution in [0.25, 0.3) is 0 Å². The zero-order chi connectivity index (χ0) is 22.4. The van der Waals surface area contributed by atoms with Crippen molar-refractivity contribution in [1.29, 1.82) is 0 Å². The molecule has 162 valence electrons. The molecule has 0 aliphatic rings. The predicted octanol–water partition coefficient (Wildman–Crippen LogP) is 6.18. The number of alkyl halides is 14. The summed E-state index contributed by atoms with van der Waals surface area (Å²) in [6.07, 6.45) is -19.9. The summed E-state index contributed by atoms with van der Waals surface area (Å²) in [5, 5.41) is 0. The van der Waals surface area contributed by atoms with E-state index in [1.165, 1.54) is 0 Å². The molecule has 0 bridgehead atoms. The highest BCUT2D eigenvalue weighted by atomic mass is 19.4. The van der Waals surface area contributed by atoms with E-state index in [9.17, 15) is 74.6 Å². The van der Waals surface area contributed by atoms with E-state index in [4.69, 9.17) is 0 Å². The van der Waals surface area contributed by atoms with Gasteiger partial charge in [0.05, 0.1) is 0 Å². The Kier molecular flexibility index (Phi) is 6.79. The lowest BCUT2D eigenvalue weighted by Crippen LogP contribution is -2.70. The van der Waals surface area contributed by atoms with Crippen molar-refractivity contribution >= 4 is 0 Å². The molecule has 0 saturated carbocycles. The normalized spacial score (nSPS) is 17.1. The highest BCUT2D eigenvalue weighted by Gasteiger charge is 2.88. The van der Waals surface area contributed by atoms with E-state index >= 15 is 0 Å². The van der Waals surface area contributed by atoms with E-state index in [1.807, 2.05) is 0 Å². The lowest BCUT2D eigenvalue weighted by atomic mass is 9.90. The van der Waals surface area contributed by atoms with Crippen LogP contribution in [0.4, 0.5) is 74.6 Å². The molecule has 0 aromatic rings. The van der Waals surface area contributed by atoms with Crippen LogP contribution in [-0.2, 0) is 0 Å². The fourth-order valence-corrected chi connectivity index (χ4v) is 1.36. The second kappa shape index (κ2) is 7.18. The number of halogens is 17. The van der Waals surface area contributed by atoms with Gasteiger partial charge in [0.15, 0.2) is 6.17 Å². The summed E-state index contributed by atoms with van der Waals surface area (Å²) < 4.78 is 214. The molecule has 0 aliphatic carbocycles. The van der Waals surface area contributed by atoms with Crippen molar-refractivity contribution in [2.45, 2.75) is 48.4 Å². The van der Waals surface area contributed by atoms with Gasteiger partial charge >= 0.3 is 35.7 Å². The Bertz CT molecular complexity index is 556. The SMILES string of the molecule is FC(F)=C(F)C(F)(F)C(F)(F)C(F)(F)C(F)(F)C(F)(F)C(F)C(F)C(F)F. The Morgan fingerprint density at radius 3 is 1.22 bits per heavy atom. The van der Waals surface area contributed by atoms with Gasteiger partial charge in [0.25, 0.3) is 6.43 Å². The lowest BCUT2D eigenvalue weighted by molar-refractivity contribution is -0.406. The van der Waals surface area contributed by atoms with Crippen molar-refractivity contribution in [2.24, 2.45) is 0 Å². The summed E-state index contributed by atoms with van der Waals surface area (Å²) in [5.41, 5.74) is 0. The molecule has 0 rings (SSSR count). The van der Waals surface area contributed by atoms with Crippen molar-refractivity contribution < 1.29 is 74.6 Å². The Morgan fingerprint density at radius 2 is 0.926 bits per heavy atom. The summed E-state index contributed by atoms with van der Waals surface area (Å²) in [6, 6.07) is 0. The second-order valence-electron chi connectivity index (χ2n) is 4.68. The van der Waals surface area contributed by atoms with Crippen LogP contribution >= 0.6 is 0 Å². The molecule has 0 aliphatic heterocycles. The number of hydrogen-bond acceptors (Lipinski definition) is 0. The molecule has 0 spiro atoms. The first-order valence-corrected chi connectivity index (χ1v) is 5.78. The molecule has 0 fully saturated rings. The molecule has 0 aromatic heterocycles. The number of rotatable bonds is 8. The van der Waals surface area contributed by atoms with Crippen LogP contribution in [-0.4, -0.2) is 48.4 Å². The summed E-state index contributed by atoms with van der Waals surface area (Å²) >= 11 is 0. The molecular formula is C10H3F17. The van der Waals surface area contributed by atoms with Crippen LogP contribution in [0.1, 0.15) is 0 Å². The molecule has 0 heterocycles. The van der Waals surface area contributed by atoms with Gasteiger partial charge in [-0.2, -0.15) is 57.1 Å². The van der Waals surface area contributed by atoms with E-state index < -0.39 is 60.3 Å². The predicted molar refractivity (Wildman–Crippen MR) is 50.9 cm³/mol. The van der Waals surface area contributed by atoms with E-state index in [1.54, 1.807) is 0 Å². The molecule has 0 radical (unpaired) electrons. The lowest BCUT2D eigenvalue weighted by Gasteiger charge is -2.39. The Morgan fingerprint density at radius 1 is 0.556 bits per heavy atom. The zero-order valence-corrected chi connectivity index (χ0v) is 11.7. The third-order valence-corrected chi connectivity index (χ3v) is 2.91. The van der Waals surface area contributed by atoms with Crippen LogP contribution in [0.3, 0.4) is 0 Å². The maximum atomic E-state index is 13.1. The van der Waals surface area contributed by atoms with Gasteiger partial charge in [-0.05, 0) is 0 Å². The van der Waals surface area contributed by atoms with Gasteiger partial charge in [0, 0.05) is 0 Å². The summed E-state index contributed by atoms with van der Waals surface area (Å²) in [5.74, 6) is -44.2. The van der Waals surface area contributed by atoms with Crippen LogP contribution in [0, 0.1) is 0 Å². The summed E-state index contributed by atoms with van der Waals surface area (Å²) in [4.78, 5) is 0. The zero-order valence-electron chi connectivity index (χ0n) is 11.7. The minimum Gasteiger partial charge on any atom is -0.238 e. The van der Waals surface area contributed by atoms with E-state index in [2.05, 4.69) is 0 Å². The fourth-order valence-electron chi connectivity index (χ4n) is 1.36. The highest BCUT2D eigenvalue weighted by Crippen LogP contribution is 2.60. The van der Waals surface area contributed by atoms with Gasteiger partial charge in [-0.15, -0.1) is 0 Å². The third-order valence-electron chi connectivity index (χ3n) is 2.91.